The fraction of sp³-hybridized carbons (Fsp3) is 0.231. The van der Waals surface area contributed by atoms with Gasteiger partial charge in [0.25, 0.3) is 0 Å². The number of benzene rings is 3. The van der Waals surface area contributed by atoms with E-state index in [9.17, 15) is 8.78 Å². The molecule has 28 heavy (non-hydrogen) atoms. The summed E-state index contributed by atoms with van der Waals surface area (Å²) in [6.45, 7) is 4.14. The van der Waals surface area contributed by atoms with Crippen molar-refractivity contribution in [3.05, 3.63) is 94.6 Å². The minimum atomic E-state index is -0.901. The molecule has 2 heteroatoms. The molecule has 0 aromatic heterocycles. The topological polar surface area (TPSA) is 0 Å². The molecular weight excluding hydrogens is 350 g/mol. The fourth-order valence-electron chi connectivity index (χ4n) is 3.08. The molecule has 0 spiro atoms. The summed E-state index contributed by atoms with van der Waals surface area (Å²) >= 11 is 0. The lowest BCUT2D eigenvalue weighted by Gasteiger charge is -2.06. The van der Waals surface area contributed by atoms with Crippen LogP contribution < -0.4 is 0 Å². The lowest BCUT2D eigenvalue weighted by molar-refractivity contribution is 0.509. The summed E-state index contributed by atoms with van der Waals surface area (Å²) in [6, 6.07) is 18.4. The quantitative estimate of drug-likeness (QED) is 0.331. The molecule has 0 atom stereocenters. The van der Waals surface area contributed by atoms with Crippen LogP contribution in [-0.4, -0.2) is 0 Å². The van der Waals surface area contributed by atoms with Gasteiger partial charge < -0.3 is 0 Å². The first kappa shape index (κ1) is 19.8. The molecule has 3 aromatic carbocycles. The Balaban J connectivity index is 1.78. The zero-order valence-electron chi connectivity index (χ0n) is 16.4. The molecule has 0 saturated carbocycles. The van der Waals surface area contributed by atoms with Crippen LogP contribution in [0.15, 0.2) is 60.7 Å². The van der Waals surface area contributed by atoms with Gasteiger partial charge in [0.05, 0.1) is 5.56 Å². The monoisotopic (exact) mass is 374 g/mol. The van der Waals surface area contributed by atoms with Gasteiger partial charge in [-0.2, -0.15) is 0 Å². The highest BCUT2D eigenvalue weighted by atomic mass is 19.2. The molecule has 0 nitrogen and oxygen atoms in total. The number of hydrogen-bond acceptors (Lipinski definition) is 0. The van der Waals surface area contributed by atoms with Crippen molar-refractivity contribution >= 4 is 0 Å². The van der Waals surface area contributed by atoms with Crippen LogP contribution in [0.1, 0.15) is 48.4 Å². The van der Waals surface area contributed by atoms with Crippen LogP contribution in [0.3, 0.4) is 0 Å². The fourth-order valence-corrected chi connectivity index (χ4v) is 3.08. The molecule has 0 radical (unpaired) electrons. The largest absolute Gasteiger partial charge is 0.203 e. The molecule has 0 unspecified atom stereocenters. The Bertz CT molecular complexity index is 988. The van der Waals surface area contributed by atoms with Crippen molar-refractivity contribution in [2.45, 2.75) is 39.5 Å². The normalized spacial score (nSPS) is 10.4. The van der Waals surface area contributed by atoms with Crippen LogP contribution in [0, 0.1) is 30.4 Å². The third-order valence-corrected chi connectivity index (χ3v) is 4.81. The van der Waals surface area contributed by atoms with Gasteiger partial charge in [0.1, 0.15) is 0 Å². The third-order valence-electron chi connectivity index (χ3n) is 4.81. The molecule has 3 aromatic rings. The van der Waals surface area contributed by atoms with Gasteiger partial charge in [0, 0.05) is 11.1 Å². The molecule has 0 N–H and O–H groups in total. The maximum absolute atomic E-state index is 14.5. The standard InChI is InChI=1S/C26H24F2/c1-3-4-5-6-20-9-11-21(12-10-20)13-16-23-17-18-24(26(28)25(23)27)22-14-7-19(2)8-15-22/h7-12,14-15,17-18H,3-6H2,1-2H3. The lowest BCUT2D eigenvalue weighted by Crippen LogP contribution is -1.94. The second kappa shape index (κ2) is 9.33. The molecule has 0 aliphatic heterocycles. The predicted molar refractivity (Wildman–Crippen MR) is 112 cm³/mol. The number of aryl methyl sites for hydroxylation is 2. The highest BCUT2D eigenvalue weighted by Crippen LogP contribution is 2.26. The molecule has 3 rings (SSSR count). The van der Waals surface area contributed by atoms with E-state index < -0.39 is 11.6 Å². The SMILES string of the molecule is CCCCCc1ccc(C#Cc2ccc(-c3ccc(C)cc3)c(F)c2F)cc1. The Morgan fingerprint density at radius 1 is 0.750 bits per heavy atom. The van der Waals surface area contributed by atoms with Gasteiger partial charge >= 0.3 is 0 Å². The Kier molecular flexibility index (Phi) is 6.61. The number of halogens is 2. The Hall–Kier alpha value is -2.92. The minimum absolute atomic E-state index is 0.0698. The highest BCUT2D eigenvalue weighted by molar-refractivity contribution is 5.66. The van der Waals surface area contributed by atoms with Crippen LogP contribution >= 0.6 is 0 Å². The van der Waals surface area contributed by atoms with E-state index in [1.807, 2.05) is 31.2 Å². The van der Waals surface area contributed by atoms with Crippen LogP contribution in [0.2, 0.25) is 0 Å². The van der Waals surface area contributed by atoms with E-state index in [1.165, 1.54) is 24.8 Å². The van der Waals surface area contributed by atoms with Crippen molar-refractivity contribution in [1.82, 2.24) is 0 Å². The van der Waals surface area contributed by atoms with E-state index in [2.05, 4.69) is 30.9 Å². The van der Waals surface area contributed by atoms with Crippen molar-refractivity contribution in [1.29, 1.82) is 0 Å². The molecule has 0 amide bonds. The van der Waals surface area contributed by atoms with Crippen molar-refractivity contribution in [3.63, 3.8) is 0 Å². The maximum atomic E-state index is 14.5. The zero-order chi connectivity index (χ0) is 19.9. The Morgan fingerprint density at radius 3 is 2.14 bits per heavy atom. The van der Waals surface area contributed by atoms with Crippen LogP contribution in [0.25, 0.3) is 11.1 Å². The number of unbranched alkanes of at least 4 members (excludes halogenated alkanes) is 2. The van der Waals surface area contributed by atoms with Crippen LogP contribution in [0.4, 0.5) is 8.78 Å². The zero-order valence-corrected chi connectivity index (χ0v) is 16.4. The molecule has 142 valence electrons. The van der Waals surface area contributed by atoms with E-state index in [1.54, 1.807) is 24.3 Å². The van der Waals surface area contributed by atoms with Gasteiger partial charge in [-0.05, 0) is 55.2 Å². The first-order valence-corrected chi connectivity index (χ1v) is 9.74. The van der Waals surface area contributed by atoms with Crippen LogP contribution in [-0.2, 0) is 6.42 Å². The molecule has 0 aliphatic rings. The summed E-state index contributed by atoms with van der Waals surface area (Å²) in [4.78, 5) is 0. The molecule has 0 bridgehead atoms. The van der Waals surface area contributed by atoms with E-state index in [0.717, 1.165) is 17.5 Å². The van der Waals surface area contributed by atoms with Crippen LogP contribution in [0.5, 0.6) is 0 Å². The summed E-state index contributed by atoms with van der Waals surface area (Å²) < 4.78 is 29.0. The lowest BCUT2D eigenvalue weighted by atomic mass is 10.0. The third kappa shape index (κ3) is 4.87. The van der Waals surface area contributed by atoms with Gasteiger partial charge in [-0.15, -0.1) is 0 Å². The van der Waals surface area contributed by atoms with Gasteiger partial charge in [0.2, 0.25) is 0 Å². The highest BCUT2D eigenvalue weighted by Gasteiger charge is 2.13. The number of rotatable bonds is 5. The van der Waals surface area contributed by atoms with Crippen molar-refractivity contribution in [2.24, 2.45) is 0 Å². The second-order valence-corrected chi connectivity index (χ2v) is 7.06. The first-order valence-electron chi connectivity index (χ1n) is 9.74. The second-order valence-electron chi connectivity index (χ2n) is 7.06. The maximum Gasteiger partial charge on any atom is 0.175 e. The summed E-state index contributed by atoms with van der Waals surface area (Å²) in [5.41, 5.74) is 4.11. The number of hydrogen-bond donors (Lipinski definition) is 0. The molecule has 0 heterocycles. The van der Waals surface area contributed by atoms with E-state index >= 15 is 0 Å². The van der Waals surface area contributed by atoms with Crippen molar-refractivity contribution < 1.29 is 8.78 Å². The average molecular weight is 374 g/mol. The minimum Gasteiger partial charge on any atom is -0.203 e. The smallest absolute Gasteiger partial charge is 0.175 e. The average Bonchev–Trinajstić information content (AvgIpc) is 2.71. The summed E-state index contributed by atoms with van der Waals surface area (Å²) in [5, 5.41) is 0. The molecular formula is C26H24F2. The van der Waals surface area contributed by atoms with Gasteiger partial charge in [0.15, 0.2) is 11.6 Å². The first-order chi connectivity index (χ1) is 13.6. The summed E-state index contributed by atoms with van der Waals surface area (Å²) in [7, 11) is 0. The Labute approximate surface area is 166 Å². The molecule has 0 aliphatic carbocycles. The van der Waals surface area contributed by atoms with Gasteiger partial charge in [-0.25, -0.2) is 8.78 Å². The van der Waals surface area contributed by atoms with E-state index in [0.29, 0.717) is 5.56 Å². The van der Waals surface area contributed by atoms with Crippen molar-refractivity contribution in [2.75, 3.05) is 0 Å². The van der Waals surface area contributed by atoms with Crippen molar-refractivity contribution in [3.8, 4) is 23.0 Å². The van der Waals surface area contributed by atoms with E-state index in [-0.39, 0.29) is 11.1 Å². The summed E-state index contributed by atoms with van der Waals surface area (Å²) in [5.74, 6) is 3.94. The Morgan fingerprint density at radius 2 is 1.46 bits per heavy atom. The molecule has 0 fully saturated rings. The van der Waals surface area contributed by atoms with E-state index in [4.69, 9.17) is 0 Å². The predicted octanol–water partition coefficient (Wildman–Crippen LogP) is 7.07. The summed E-state index contributed by atoms with van der Waals surface area (Å²) in [6.07, 6.45) is 4.67. The molecule has 0 saturated heterocycles. The van der Waals surface area contributed by atoms with Gasteiger partial charge in [-0.3, -0.25) is 0 Å². The van der Waals surface area contributed by atoms with Gasteiger partial charge in [-0.1, -0.05) is 73.6 Å².